The maximum atomic E-state index is 3.55. The van der Waals surface area contributed by atoms with Crippen molar-refractivity contribution in [3.05, 3.63) is 33.8 Å². The molecule has 0 atom stereocenters. The van der Waals surface area contributed by atoms with Gasteiger partial charge in [0.05, 0.1) is 0 Å². The number of benzene rings is 1. The van der Waals surface area contributed by atoms with E-state index in [0.29, 0.717) is 0 Å². The van der Waals surface area contributed by atoms with Gasteiger partial charge in [-0.1, -0.05) is 35.0 Å². The lowest BCUT2D eigenvalue weighted by Gasteiger charge is -2.30. The molecule has 1 aliphatic heterocycles. The third-order valence-corrected chi connectivity index (χ3v) is 4.92. The van der Waals surface area contributed by atoms with Gasteiger partial charge in [0.2, 0.25) is 0 Å². The van der Waals surface area contributed by atoms with Gasteiger partial charge in [-0.25, -0.2) is 0 Å². The number of likely N-dealkylation sites (tertiary alicyclic amines) is 1. The normalized spacial score (nSPS) is 17.8. The highest BCUT2D eigenvalue weighted by Gasteiger charge is 2.14. The first-order valence-electron chi connectivity index (χ1n) is 7.33. The second-order valence-electron chi connectivity index (χ2n) is 5.78. The summed E-state index contributed by atoms with van der Waals surface area (Å²) < 4.78 is 1.19. The van der Waals surface area contributed by atoms with E-state index in [1.165, 1.54) is 48.1 Å². The summed E-state index contributed by atoms with van der Waals surface area (Å²) in [6.45, 7) is 10.3. The van der Waals surface area contributed by atoms with E-state index in [0.717, 1.165) is 19.0 Å². The van der Waals surface area contributed by atoms with Gasteiger partial charge in [-0.2, -0.15) is 0 Å². The van der Waals surface area contributed by atoms with E-state index >= 15 is 0 Å². The predicted octanol–water partition coefficient (Wildman–Crippen LogP) is 3.58. The molecule has 1 N–H and O–H groups in total. The molecule has 0 spiro atoms. The van der Waals surface area contributed by atoms with Gasteiger partial charge >= 0.3 is 0 Å². The van der Waals surface area contributed by atoms with Crippen LogP contribution in [0.4, 0.5) is 0 Å². The van der Waals surface area contributed by atoms with Crippen molar-refractivity contribution in [1.29, 1.82) is 0 Å². The molecule has 2 nitrogen and oxygen atoms in total. The van der Waals surface area contributed by atoms with Gasteiger partial charge in [-0.15, -0.1) is 0 Å². The third-order valence-electron chi connectivity index (χ3n) is 4.03. The second kappa shape index (κ2) is 7.41. The molecule has 1 aliphatic rings. The summed E-state index contributed by atoms with van der Waals surface area (Å²) in [5.41, 5.74) is 2.68. The van der Waals surface area contributed by atoms with Gasteiger partial charge in [-0.05, 0) is 56.0 Å². The summed E-state index contributed by atoms with van der Waals surface area (Å²) in [7, 11) is 0. The Morgan fingerprint density at radius 2 is 2.05 bits per heavy atom. The van der Waals surface area contributed by atoms with Crippen molar-refractivity contribution in [2.24, 2.45) is 5.92 Å². The Bertz CT molecular complexity index is 398. The molecule has 1 aromatic carbocycles. The Morgan fingerprint density at radius 1 is 1.32 bits per heavy atom. The lowest BCUT2D eigenvalue weighted by Crippen LogP contribution is -2.37. The second-order valence-corrected chi connectivity index (χ2v) is 6.64. The first-order chi connectivity index (χ1) is 9.15. The number of rotatable bonds is 5. The highest BCUT2D eigenvalue weighted by atomic mass is 79.9. The Morgan fingerprint density at radius 3 is 2.74 bits per heavy atom. The number of piperidine rings is 1. The van der Waals surface area contributed by atoms with Crippen molar-refractivity contribution < 1.29 is 0 Å². The fourth-order valence-corrected chi connectivity index (χ4v) is 2.82. The topological polar surface area (TPSA) is 15.3 Å². The van der Waals surface area contributed by atoms with Gasteiger partial charge in [0.15, 0.2) is 0 Å². The zero-order chi connectivity index (χ0) is 13.7. The van der Waals surface area contributed by atoms with Gasteiger partial charge in [-0.3, -0.25) is 0 Å². The van der Waals surface area contributed by atoms with E-state index in [1.54, 1.807) is 0 Å². The van der Waals surface area contributed by atoms with Crippen molar-refractivity contribution in [2.45, 2.75) is 33.2 Å². The molecule has 2 rings (SSSR count). The Kier molecular flexibility index (Phi) is 5.86. The number of hydrogen-bond acceptors (Lipinski definition) is 2. The van der Waals surface area contributed by atoms with Crippen LogP contribution in [-0.4, -0.2) is 31.1 Å². The molecule has 1 fully saturated rings. The van der Waals surface area contributed by atoms with Gasteiger partial charge in [0.1, 0.15) is 0 Å². The fourth-order valence-electron chi connectivity index (χ4n) is 2.57. The monoisotopic (exact) mass is 324 g/mol. The van der Waals surface area contributed by atoms with Crippen LogP contribution in [0.1, 0.15) is 30.9 Å². The number of hydrogen-bond donors (Lipinski definition) is 1. The van der Waals surface area contributed by atoms with Crippen LogP contribution in [-0.2, 0) is 6.54 Å². The van der Waals surface area contributed by atoms with Crippen LogP contribution in [0.3, 0.4) is 0 Å². The molecule has 0 bridgehead atoms. The molecule has 0 aliphatic carbocycles. The van der Waals surface area contributed by atoms with Crippen molar-refractivity contribution >= 4 is 15.9 Å². The minimum absolute atomic E-state index is 0.926. The highest BCUT2D eigenvalue weighted by molar-refractivity contribution is 9.10. The standard InChI is InChI=1S/C16H25BrN2/c1-13-5-8-19(9-6-13)10-7-18-12-15-3-4-16(17)14(2)11-15/h3-4,11,13,18H,5-10,12H2,1-2H3. The maximum absolute atomic E-state index is 3.55. The molecule has 19 heavy (non-hydrogen) atoms. The van der Waals surface area contributed by atoms with Crippen LogP contribution in [0.25, 0.3) is 0 Å². The summed E-state index contributed by atoms with van der Waals surface area (Å²) in [5, 5.41) is 3.55. The highest BCUT2D eigenvalue weighted by Crippen LogP contribution is 2.17. The summed E-state index contributed by atoms with van der Waals surface area (Å²) in [6.07, 6.45) is 2.73. The van der Waals surface area contributed by atoms with E-state index < -0.39 is 0 Å². The van der Waals surface area contributed by atoms with Crippen LogP contribution in [0.2, 0.25) is 0 Å². The van der Waals surface area contributed by atoms with Gasteiger partial charge < -0.3 is 10.2 Å². The quantitative estimate of drug-likeness (QED) is 0.833. The molecule has 0 radical (unpaired) electrons. The van der Waals surface area contributed by atoms with Crippen molar-refractivity contribution in [1.82, 2.24) is 10.2 Å². The van der Waals surface area contributed by atoms with Crippen molar-refractivity contribution in [3.63, 3.8) is 0 Å². The first-order valence-corrected chi connectivity index (χ1v) is 8.12. The Labute approximate surface area is 125 Å². The van der Waals surface area contributed by atoms with Crippen LogP contribution < -0.4 is 5.32 Å². The molecule has 0 unspecified atom stereocenters. The summed E-state index contributed by atoms with van der Waals surface area (Å²) in [5.74, 6) is 0.926. The molecule has 0 amide bonds. The number of aryl methyl sites for hydroxylation is 1. The number of halogens is 1. The zero-order valence-corrected chi connectivity index (χ0v) is 13.7. The SMILES string of the molecule is Cc1cc(CNCCN2CCC(C)CC2)ccc1Br. The Hall–Kier alpha value is -0.380. The van der Waals surface area contributed by atoms with Crippen LogP contribution in [0.15, 0.2) is 22.7 Å². The Balaban J connectivity index is 1.65. The molecule has 1 saturated heterocycles. The van der Waals surface area contributed by atoms with Crippen LogP contribution in [0.5, 0.6) is 0 Å². The van der Waals surface area contributed by atoms with E-state index in [1.807, 2.05) is 0 Å². The molecule has 106 valence electrons. The molecule has 1 aromatic rings. The van der Waals surface area contributed by atoms with Gasteiger partial charge in [0, 0.05) is 24.1 Å². The van der Waals surface area contributed by atoms with Crippen LogP contribution in [0, 0.1) is 12.8 Å². The smallest absolute Gasteiger partial charge is 0.0206 e. The van der Waals surface area contributed by atoms with Gasteiger partial charge in [0.25, 0.3) is 0 Å². The first kappa shape index (κ1) is 15.0. The average Bonchev–Trinajstić information content (AvgIpc) is 2.41. The number of nitrogens with one attached hydrogen (secondary N) is 1. The summed E-state index contributed by atoms with van der Waals surface area (Å²) >= 11 is 3.54. The zero-order valence-electron chi connectivity index (χ0n) is 12.1. The van der Waals surface area contributed by atoms with E-state index in [9.17, 15) is 0 Å². The minimum Gasteiger partial charge on any atom is -0.311 e. The van der Waals surface area contributed by atoms with E-state index in [4.69, 9.17) is 0 Å². The third kappa shape index (κ3) is 4.90. The molecular weight excluding hydrogens is 300 g/mol. The van der Waals surface area contributed by atoms with E-state index in [-0.39, 0.29) is 0 Å². The molecule has 0 aromatic heterocycles. The molecule has 3 heteroatoms. The molecule has 0 saturated carbocycles. The van der Waals surface area contributed by atoms with E-state index in [2.05, 4.69) is 58.2 Å². The summed E-state index contributed by atoms with van der Waals surface area (Å²) in [4.78, 5) is 2.58. The predicted molar refractivity (Wildman–Crippen MR) is 85.4 cm³/mol. The lowest BCUT2D eigenvalue weighted by atomic mass is 9.99. The fraction of sp³-hybridized carbons (Fsp3) is 0.625. The largest absolute Gasteiger partial charge is 0.311 e. The van der Waals surface area contributed by atoms with Crippen LogP contribution >= 0.6 is 15.9 Å². The van der Waals surface area contributed by atoms with Crippen molar-refractivity contribution in [2.75, 3.05) is 26.2 Å². The number of nitrogens with zero attached hydrogens (tertiary/aromatic N) is 1. The maximum Gasteiger partial charge on any atom is 0.0206 e. The lowest BCUT2D eigenvalue weighted by molar-refractivity contribution is 0.193. The average molecular weight is 325 g/mol. The summed E-state index contributed by atoms with van der Waals surface area (Å²) in [6, 6.07) is 6.57. The molecule has 1 heterocycles. The van der Waals surface area contributed by atoms with Crippen molar-refractivity contribution in [3.8, 4) is 0 Å². The minimum atomic E-state index is 0.926. The molecular formula is C16H25BrN2.